The number of carbonyl (C=O) groups is 2. The Balaban J connectivity index is 2.02. The highest BCUT2D eigenvalue weighted by molar-refractivity contribution is 6.04. The van der Waals surface area contributed by atoms with Crippen molar-refractivity contribution in [1.29, 1.82) is 0 Å². The predicted molar refractivity (Wildman–Crippen MR) is 172 cm³/mol. The number of hydrogen-bond acceptors (Lipinski definition) is 7. The molecule has 0 spiro atoms. The summed E-state index contributed by atoms with van der Waals surface area (Å²) in [4.78, 5) is 44.0. The molecule has 5 rings (SSSR count). The average Bonchev–Trinajstić information content (AvgIpc) is 3.65. The normalized spacial score (nSPS) is 15.2. The van der Waals surface area contributed by atoms with Crippen LogP contribution in [-0.2, 0) is 46.0 Å². The Morgan fingerprint density at radius 2 is 1.30 bits per heavy atom. The van der Waals surface area contributed by atoms with E-state index in [1.807, 2.05) is 39.0 Å². The summed E-state index contributed by atoms with van der Waals surface area (Å²) >= 11 is 0. The van der Waals surface area contributed by atoms with Crippen LogP contribution in [0.3, 0.4) is 0 Å². The summed E-state index contributed by atoms with van der Waals surface area (Å²) in [6.07, 6.45) is 2.49. The topological polar surface area (TPSA) is 119 Å². The number of ether oxygens (including phenoxy) is 3. The first kappa shape index (κ1) is 31.3. The molecule has 8 bridgehead atoms. The number of H-pyrrole nitrogens is 2. The van der Waals surface area contributed by atoms with Gasteiger partial charge in [0.2, 0.25) is 0 Å². The minimum Gasteiger partial charge on any atom is -0.493 e. The monoisotopic (exact) mass is 600 g/mol. The Hall–Kier alpha value is -4.14. The van der Waals surface area contributed by atoms with E-state index in [9.17, 15) is 9.59 Å². The molecule has 9 heteroatoms. The van der Waals surface area contributed by atoms with E-state index in [1.54, 1.807) is 14.0 Å². The van der Waals surface area contributed by atoms with Gasteiger partial charge in [-0.3, -0.25) is 9.97 Å². The number of esters is 2. The number of aromatic nitrogens is 4. The van der Waals surface area contributed by atoms with Crippen molar-refractivity contribution in [1.82, 2.24) is 19.9 Å². The first-order chi connectivity index (χ1) is 20.9. The molecule has 0 aliphatic carbocycles. The van der Waals surface area contributed by atoms with E-state index in [1.165, 1.54) is 0 Å². The van der Waals surface area contributed by atoms with Crippen molar-refractivity contribution in [3.63, 3.8) is 0 Å². The Bertz CT molecular complexity index is 1790. The molecule has 44 heavy (non-hydrogen) atoms. The second-order valence-electron chi connectivity index (χ2n) is 12.7. The largest absolute Gasteiger partial charge is 0.493 e. The molecular weight excluding hydrogens is 556 g/mol. The number of fused-ring (bicyclic) bond motifs is 8. The van der Waals surface area contributed by atoms with Gasteiger partial charge in [0.25, 0.3) is 0 Å². The molecular formula is C35H44N4O5. The number of hydrogen-bond donors (Lipinski definition) is 2. The third kappa shape index (κ3) is 5.37. The zero-order chi connectivity index (χ0) is 32.0. The van der Waals surface area contributed by atoms with Gasteiger partial charge in [-0.25, -0.2) is 9.59 Å². The third-order valence-corrected chi connectivity index (χ3v) is 8.67. The van der Waals surface area contributed by atoms with Gasteiger partial charge in [0.1, 0.15) is 0 Å². The van der Waals surface area contributed by atoms with Crippen molar-refractivity contribution in [3.05, 3.63) is 63.2 Å². The van der Waals surface area contributed by atoms with Crippen LogP contribution >= 0.6 is 0 Å². The highest BCUT2D eigenvalue weighted by Crippen LogP contribution is 2.39. The number of carbonyl (C=O) groups excluding carboxylic acids is 2. The van der Waals surface area contributed by atoms with Gasteiger partial charge < -0.3 is 24.2 Å². The number of aromatic amines is 2. The van der Waals surface area contributed by atoms with Gasteiger partial charge in [0, 0.05) is 51.8 Å². The molecule has 9 nitrogen and oxygen atoms in total. The standard InChI is InChI=1S/C35H44N4O5/c1-10-20-22-15-27-35(7,8)18-25(38-27)31(42-9)30-29(33(41)44-13-4)21(11-2)23(39-30)16-26-34(5,6)17-19(36-26)14-24(37-22)28(20)32(40)43-12-3/h14-16,37,39H,10-13,17-18H2,1-9H3. The van der Waals surface area contributed by atoms with Crippen molar-refractivity contribution in [3.8, 4) is 5.75 Å². The smallest absolute Gasteiger partial charge is 0.340 e. The van der Waals surface area contributed by atoms with E-state index in [0.29, 0.717) is 53.6 Å². The number of aryl methyl sites for hydroxylation is 2. The van der Waals surface area contributed by atoms with Crippen molar-refractivity contribution in [2.75, 3.05) is 20.3 Å². The highest BCUT2D eigenvalue weighted by atomic mass is 16.5. The van der Waals surface area contributed by atoms with E-state index in [2.05, 4.69) is 37.7 Å². The van der Waals surface area contributed by atoms with Crippen LogP contribution in [0, 0.1) is 0 Å². The summed E-state index contributed by atoms with van der Waals surface area (Å²) in [5, 5.41) is 0. The fourth-order valence-corrected chi connectivity index (χ4v) is 6.47. The second kappa shape index (κ2) is 11.7. The van der Waals surface area contributed by atoms with Crippen LogP contribution in [0.25, 0.3) is 22.1 Å². The van der Waals surface area contributed by atoms with Crippen molar-refractivity contribution in [2.45, 2.75) is 91.9 Å². The lowest BCUT2D eigenvalue weighted by Gasteiger charge is -2.16. The van der Waals surface area contributed by atoms with Crippen LogP contribution in [-0.4, -0.2) is 52.2 Å². The third-order valence-electron chi connectivity index (χ3n) is 8.67. The lowest BCUT2D eigenvalue weighted by molar-refractivity contribution is 0.0518. The Morgan fingerprint density at radius 1 is 0.750 bits per heavy atom. The van der Waals surface area contributed by atoms with Crippen molar-refractivity contribution >= 4 is 34.0 Å². The lowest BCUT2D eigenvalue weighted by Crippen LogP contribution is -2.15. The predicted octanol–water partition coefficient (Wildman–Crippen LogP) is 6.84. The summed E-state index contributed by atoms with van der Waals surface area (Å²) in [6.45, 7) is 16.8. The number of nitrogens with one attached hydrogen (secondary N) is 2. The van der Waals surface area contributed by atoms with Gasteiger partial charge in [-0.2, -0.15) is 0 Å². The van der Waals surface area contributed by atoms with Crippen molar-refractivity contribution in [2.24, 2.45) is 0 Å². The van der Waals surface area contributed by atoms with Crippen LogP contribution in [0.1, 0.15) is 110 Å². The van der Waals surface area contributed by atoms with E-state index in [0.717, 1.165) is 44.9 Å². The molecule has 3 aromatic heterocycles. The van der Waals surface area contributed by atoms with Gasteiger partial charge >= 0.3 is 11.9 Å². The molecule has 0 saturated heterocycles. The fourth-order valence-electron chi connectivity index (χ4n) is 6.47. The van der Waals surface area contributed by atoms with Crippen LogP contribution in [0.4, 0.5) is 0 Å². The Labute approximate surface area is 258 Å². The Morgan fingerprint density at radius 3 is 1.89 bits per heavy atom. The fraction of sp³-hybridized carbons (Fsp3) is 0.486. The van der Waals surface area contributed by atoms with Crippen LogP contribution < -0.4 is 4.74 Å². The molecule has 0 unspecified atom stereocenters. The summed E-state index contributed by atoms with van der Waals surface area (Å²) in [5.74, 6) is -0.248. The molecule has 0 atom stereocenters. The maximum absolute atomic E-state index is 13.5. The maximum atomic E-state index is 13.5. The van der Waals surface area contributed by atoms with Crippen molar-refractivity contribution < 1.29 is 23.8 Å². The number of methoxy groups -OCH3 is 1. The van der Waals surface area contributed by atoms with E-state index >= 15 is 0 Å². The molecule has 2 aliphatic rings. The summed E-state index contributed by atoms with van der Waals surface area (Å²) in [5.41, 5.74) is 8.21. The molecule has 2 aliphatic heterocycles. The molecule has 0 saturated carbocycles. The second-order valence-corrected chi connectivity index (χ2v) is 12.7. The molecule has 0 radical (unpaired) electrons. The quantitative estimate of drug-likeness (QED) is 0.285. The minimum absolute atomic E-state index is 0.258. The molecule has 0 aromatic carbocycles. The number of rotatable bonds is 7. The summed E-state index contributed by atoms with van der Waals surface area (Å²) < 4.78 is 17.1. The first-order valence-electron chi connectivity index (χ1n) is 15.6. The zero-order valence-corrected chi connectivity index (χ0v) is 27.4. The first-order valence-corrected chi connectivity index (χ1v) is 15.6. The molecule has 2 N–H and O–H groups in total. The SMILES string of the molecule is CCOC(=O)c1c(CC)c2cc3nc(c(OC)c4[nH]c(cc5nc(cc1[nH]2)CC5(C)C)c(CC)c4C(=O)OCC)CC3(C)C. The molecule has 5 heterocycles. The highest BCUT2D eigenvalue weighted by Gasteiger charge is 2.34. The van der Waals surface area contributed by atoms with Crippen LogP contribution in [0.15, 0.2) is 18.2 Å². The van der Waals surface area contributed by atoms with Crippen LogP contribution in [0.5, 0.6) is 5.75 Å². The van der Waals surface area contributed by atoms with E-state index in [-0.39, 0.29) is 30.0 Å². The average molecular weight is 601 g/mol. The molecule has 3 aromatic rings. The van der Waals surface area contributed by atoms with Crippen LogP contribution in [0.2, 0.25) is 0 Å². The summed E-state index contributed by atoms with van der Waals surface area (Å²) in [6, 6.07) is 6.03. The lowest BCUT2D eigenvalue weighted by atomic mass is 9.86. The maximum Gasteiger partial charge on any atom is 0.340 e. The molecule has 0 fully saturated rings. The van der Waals surface area contributed by atoms with Gasteiger partial charge in [-0.1, -0.05) is 41.5 Å². The van der Waals surface area contributed by atoms with Gasteiger partial charge in [-0.15, -0.1) is 0 Å². The molecule has 234 valence electrons. The minimum atomic E-state index is -0.401. The van der Waals surface area contributed by atoms with Gasteiger partial charge in [0.05, 0.1) is 48.2 Å². The zero-order valence-electron chi connectivity index (χ0n) is 27.4. The Kier molecular flexibility index (Phi) is 8.35. The number of nitrogens with zero attached hydrogens (tertiary/aromatic N) is 2. The molecule has 0 amide bonds. The van der Waals surface area contributed by atoms with Gasteiger partial charge in [-0.05, 0) is 56.0 Å². The van der Waals surface area contributed by atoms with E-state index in [4.69, 9.17) is 24.2 Å². The van der Waals surface area contributed by atoms with E-state index < -0.39 is 5.97 Å². The van der Waals surface area contributed by atoms with Gasteiger partial charge in [0.15, 0.2) is 5.75 Å². The summed E-state index contributed by atoms with van der Waals surface area (Å²) in [7, 11) is 1.61.